The number of benzene rings is 1. The summed E-state index contributed by atoms with van der Waals surface area (Å²) in [6.07, 6.45) is 4.13. The van der Waals surface area contributed by atoms with E-state index in [0.717, 1.165) is 51.9 Å². The molecule has 0 radical (unpaired) electrons. The van der Waals surface area contributed by atoms with E-state index in [1.807, 2.05) is 0 Å². The van der Waals surface area contributed by atoms with Gasteiger partial charge in [0.1, 0.15) is 17.7 Å². The minimum Gasteiger partial charge on any atom is -0.488 e. The van der Waals surface area contributed by atoms with E-state index in [9.17, 15) is 9.50 Å². The Balaban J connectivity index is 1.52. The monoisotopic (exact) mass is 323 g/mol. The van der Waals surface area contributed by atoms with Gasteiger partial charge in [-0.05, 0) is 44.2 Å². The van der Waals surface area contributed by atoms with E-state index in [1.165, 1.54) is 12.1 Å². The number of hydrogen-bond acceptors (Lipinski definition) is 4. The second-order valence-electron chi connectivity index (χ2n) is 6.59. The lowest BCUT2D eigenvalue weighted by Crippen LogP contribution is -2.47. The zero-order valence-electron chi connectivity index (χ0n) is 13.4. The molecule has 23 heavy (non-hydrogen) atoms. The van der Waals surface area contributed by atoms with Crippen LogP contribution >= 0.6 is 0 Å². The van der Waals surface area contributed by atoms with Crippen LogP contribution in [0.3, 0.4) is 0 Å². The molecule has 0 bridgehead atoms. The first-order valence-corrected chi connectivity index (χ1v) is 8.64. The van der Waals surface area contributed by atoms with Crippen LogP contribution in [0.25, 0.3) is 0 Å². The summed E-state index contributed by atoms with van der Waals surface area (Å²) >= 11 is 0. The summed E-state index contributed by atoms with van der Waals surface area (Å²) in [5.41, 5.74) is 0. The number of halogens is 1. The molecule has 2 fully saturated rings. The molecule has 4 nitrogen and oxygen atoms in total. The van der Waals surface area contributed by atoms with Crippen LogP contribution in [0.2, 0.25) is 0 Å². The molecule has 0 amide bonds. The van der Waals surface area contributed by atoms with Crippen LogP contribution in [0.1, 0.15) is 32.1 Å². The molecule has 1 heterocycles. The Morgan fingerprint density at radius 2 is 2.04 bits per heavy atom. The molecule has 1 aromatic rings. The molecule has 0 spiro atoms. The predicted molar refractivity (Wildman–Crippen MR) is 86.0 cm³/mol. The second-order valence-corrected chi connectivity index (χ2v) is 6.59. The molecular formula is C18H26FNO3. The average molecular weight is 323 g/mol. The third kappa shape index (κ3) is 4.66. The molecule has 0 unspecified atom stereocenters. The van der Waals surface area contributed by atoms with Crippen LogP contribution in [0, 0.1) is 11.7 Å². The normalized spacial score (nSPS) is 29.4. The van der Waals surface area contributed by atoms with Crippen molar-refractivity contribution in [1.82, 2.24) is 5.32 Å². The van der Waals surface area contributed by atoms with Gasteiger partial charge in [0, 0.05) is 37.8 Å². The van der Waals surface area contributed by atoms with Gasteiger partial charge in [0.2, 0.25) is 0 Å². The van der Waals surface area contributed by atoms with E-state index < -0.39 is 6.10 Å². The lowest BCUT2D eigenvalue weighted by Gasteiger charge is -2.36. The summed E-state index contributed by atoms with van der Waals surface area (Å²) in [5, 5.41) is 14.2. The van der Waals surface area contributed by atoms with Crippen molar-refractivity contribution in [2.45, 2.75) is 50.4 Å². The first kappa shape index (κ1) is 16.7. The Bertz CT molecular complexity index is 493. The highest BCUT2D eigenvalue weighted by molar-refractivity contribution is 5.23. The number of aliphatic hydroxyl groups is 1. The molecule has 1 aliphatic carbocycles. The third-order valence-electron chi connectivity index (χ3n) is 4.90. The summed E-state index contributed by atoms with van der Waals surface area (Å²) in [6, 6.07) is 6.62. The van der Waals surface area contributed by atoms with Crippen molar-refractivity contribution >= 4 is 0 Å². The summed E-state index contributed by atoms with van der Waals surface area (Å²) in [6.45, 7) is 2.43. The highest BCUT2D eigenvalue weighted by Gasteiger charge is 2.33. The maximum Gasteiger partial charge on any atom is 0.126 e. The van der Waals surface area contributed by atoms with Crippen molar-refractivity contribution in [3.63, 3.8) is 0 Å². The van der Waals surface area contributed by atoms with Crippen LogP contribution in [-0.4, -0.2) is 43.1 Å². The summed E-state index contributed by atoms with van der Waals surface area (Å²) in [5.74, 6) is 0.364. The maximum absolute atomic E-state index is 13.3. The fourth-order valence-corrected chi connectivity index (χ4v) is 3.51. The molecule has 1 saturated carbocycles. The number of aliphatic hydroxyl groups excluding tert-OH is 1. The summed E-state index contributed by atoms with van der Waals surface area (Å²) < 4.78 is 24.5. The molecule has 1 saturated heterocycles. The quantitative estimate of drug-likeness (QED) is 0.874. The molecule has 1 aromatic carbocycles. The Hall–Kier alpha value is -1.17. The van der Waals surface area contributed by atoms with Crippen molar-refractivity contribution in [3.8, 4) is 5.75 Å². The third-order valence-corrected chi connectivity index (χ3v) is 4.90. The molecule has 5 heteroatoms. The zero-order chi connectivity index (χ0) is 16.1. The van der Waals surface area contributed by atoms with Crippen LogP contribution < -0.4 is 10.1 Å². The van der Waals surface area contributed by atoms with Gasteiger partial charge in [-0.3, -0.25) is 0 Å². The Labute approximate surface area is 137 Å². The minimum atomic E-state index is -0.514. The van der Waals surface area contributed by atoms with E-state index in [-0.39, 0.29) is 17.8 Å². The van der Waals surface area contributed by atoms with Crippen LogP contribution in [0.4, 0.5) is 4.39 Å². The number of rotatable bonds is 5. The fraction of sp³-hybridized carbons (Fsp3) is 0.667. The van der Waals surface area contributed by atoms with E-state index in [1.54, 1.807) is 12.1 Å². The molecule has 2 N–H and O–H groups in total. The predicted octanol–water partition coefficient (Wildman–Crippen LogP) is 2.50. The van der Waals surface area contributed by atoms with Gasteiger partial charge in [-0.25, -0.2) is 4.39 Å². The van der Waals surface area contributed by atoms with Gasteiger partial charge in [-0.15, -0.1) is 0 Å². The van der Waals surface area contributed by atoms with Crippen molar-refractivity contribution in [3.05, 3.63) is 30.1 Å². The van der Waals surface area contributed by atoms with Gasteiger partial charge in [0.15, 0.2) is 0 Å². The van der Waals surface area contributed by atoms with E-state index in [2.05, 4.69) is 5.32 Å². The Morgan fingerprint density at radius 3 is 2.83 bits per heavy atom. The highest BCUT2D eigenvalue weighted by atomic mass is 19.1. The molecule has 2 aliphatic rings. The van der Waals surface area contributed by atoms with Gasteiger partial charge in [0.25, 0.3) is 0 Å². The van der Waals surface area contributed by atoms with E-state index >= 15 is 0 Å². The van der Waals surface area contributed by atoms with Gasteiger partial charge in [-0.1, -0.05) is 6.07 Å². The lowest BCUT2D eigenvalue weighted by atomic mass is 9.84. The van der Waals surface area contributed by atoms with E-state index in [4.69, 9.17) is 9.47 Å². The first-order chi connectivity index (χ1) is 11.2. The van der Waals surface area contributed by atoms with Gasteiger partial charge in [0.05, 0.1) is 6.10 Å². The van der Waals surface area contributed by atoms with Crippen molar-refractivity contribution in [2.24, 2.45) is 5.92 Å². The standard InChI is InChI=1S/C18H26FNO3/c19-14-4-2-5-16(11-14)23-17-6-1-3-13(18(17)21)12-20-15-7-9-22-10-8-15/h2,4-5,11,13,15,17-18,20-21H,1,3,6-10,12H2/t13-,17-,18-/m1/s1. The number of nitrogens with one attached hydrogen (secondary N) is 1. The molecular weight excluding hydrogens is 297 g/mol. The fourth-order valence-electron chi connectivity index (χ4n) is 3.51. The van der Waals surface area contributed by atoms with E-state index in [0.29, 0.717) is 11.8 Å². The van der Waals surface area contributed by atoms with Crippen LogP contribution in [0.5, 0.6) is 5.75 Å². The number of ether oxygens (including phenoxy) is 2. The average Bonchev–Trinajstić information content (AvgIpc) is 2.57. The van der Waals surface area contributed by atoms with Crippen molar-refractivity contribution < 1.29 is 19.0 Å². The van der Waals surface area contributed by atoms with Gasteiger partial charge in [-0.2, -0.15) is 0 Å². The molecule has 3 rings (SSSR count). The van der Waals surface area contributed by atoms with Gasteiger partial charge < -0.3 is 19.9 Å². The summed E-state index contributed by atoms with van der Waals surface area (Å²) in [7, 11) is 0. The van der Waals surface area contributed by atoms with Crippen molar-refractivity contribution in [1.29, 1.82) is 0 Å². The zero-order valence-corrected chi connectivity index (χ0v) is 13.4. The minimum absolute atomic E-state index is 0.185. The smallest absolute Gasteiger partial charge is 0.126 e. The first-order valence-electron chi connectivity index (χ1n) is 8.64. The van der Waals surface area contributed by atoms with Crippen LogP contribution in [-0.2, 0) is 4.74 Å². The highest BCUT2D eigenvalue weighted by Crippen LogP contribution is 2.28. The lowest BCUT2D eigenvalue weighted by molar-refractivity contribution is -0.0324. The molecule has 3 atom stereocenters. The van der Waals surface area contributed by atoms with Crippen LogP contribution in [0.15, 0.2) is 24.3 Å². The maximum atomic E-state index is 13.3. The topological polar surface area (TPSA) is 50.7 Å². The van der Waals surface area contributed by atoms with Gasteiger partial charge >= 0.3 is 0 Å². The number of hydrogen-bond donors (Lipinski definition) is 2. The van der Waals surface area contributed by atoms with Crippen molar-refractivity contribution in [2.75, 3.05) is 19.8 Å². The Kier molecular flexibility index (Phi) is 5.86. The second kappa shape index (κ2) is 8.08. The molecule has 0 aromatic heterocycles. The molecule has 128 valence electrons. The SMILES string of the molecule is O[C@@H]1[C@@H](CNC2CCOCC2)CCC[C@H]1Oc1cccc(F)c1. The molecule has 1 aliphatic heterocycles. The Morgan fingerprint density at radius 1 is 1.22 bits per heavy atom. The summed E-state index contributed by atoms with van der Waals surface area (Å²) in [4.78, 5) is 0. The largest absolute Gasteiger partial charge is 0.488 e.